The minimum Gasteiger partial charge on any atom is -0.346 e. The van der Waals surface area contributed by atoms with Crippen LogP contribution in [0.4, 0.5) is 5.69 Å². The maximum Gasteiger partial charge on any atom is 0.284 e. The van der Waals surface area contributed by atoms with Gasteiger partial charge in [0.05, 0.1) is 22.7 Å². The Kier molecular flexibility index (Phi) is 4.41. The Labute approximate surface area is 123 Å². The zero-order valence-corrected chi connectivity index (χ0v) is 11.8. The molecule has 0 unspecified atom stereocenters. The predicted molar refractivity (Wildman–Crippen MR) is 76.2 cm³/mol. The number of rotatable bonds is 4. The van der Waals surface area contributed by atoms with E-state index in [9.17, 15) is 14.9 Å². The highest BCUT2D eigenvalue weighted by molar-refractivity contribution is 9.10. The zero-order chi connectivity index (χ0) is 14.5. The van der Waals surface area contributed by atoms with E-state index >= 15 is 0 Å². The first-order valence-electron chi connectivity index (χ1n) is 5.70. The van der Waals surface area contributed by atoms with E-state index in [2.05, 4.69) is 26.2 Å². The number of hydrogen-bond donors (Lipinski definition) is 1. The van der Waals surface area contributed by atoms with Crippen LogP contribution in [0.25, 0.3) is 0 Å². The van der Waals surface area contributed by atoms with E-state index in [1.165, 1.54) is 18.2 Å². The fourth-order valence-corrected chi connectivity index (χ4v) is 2.19. The van der Waals surface area contributed by atoms with E-state index in [0.29, 0.717) is 5.69 Å². The van der Waals surface area contributed by atoms with E-state index in [4.69, 9.17) is 0 Å². The molecule has 2 aromatic rings. The Hall–Kier alpha value is -2.28. The largest absolute Gasteiger partial charge is 0.346 e. The van der Waals surface area contributed by atoms with Crippen molar-refractivity contribution in [1.29, 1.82) is 0 Å². The third kappa shape index (κ3) is 3.18. The lowest BCUT2D eigenvalue weighted by molar-refractivity contribution is -0.385. The van der Waals surface area contributed by atoms with Crippen LogP contribution in [0.5, 0.6) is 0 Å². The van der Waals surface area contributed by atoms with Gasteiger partial charge in [-0.05, 0) is 34.1 Å². The van der Waals surface area contributed by atoms with Crippen LogP contribution in [0.3, 0.4) is 0 Å². The molecule has 0 atom stereocenters. The molecule has 1 heterocycles. The van der Waals surface area contributed by atoms with Gasteiger partial charge in [-0.2, -0.15) is 0 Å². The van der Waals surface area contributed by atoms with Crippen molar-refractivity contribution in [2.45, 2.75) is 6.54 Å². The Morgan fingerprint density at radius 1 is 1.30 bits per heavy atom. The van der Waals surface area contributed by atoms with Gasteiger partial charge in [0.1, 0.15) is 4.47 Å². The SMILES string of the molecule is O=C(NCc1ccccn1)c1cccc([N+](=O)[O-])c1Br. The minimum absolute atomic E-state index is 0.143. The van der Waals surface area contributed by atoms with Gasteiger partial charge in [0.2, 0.25) is 0 Å². The Morgan fingerprint density at radius 3 is 2.75 bits per heavy atom. The van der Waals surface area contributed by atoms with Gasteiger partial charge in [-0.1, -0.05) is 12.1 Å². The maximum atomic E-state index is 12.0. The van der Waals surface area contributed by atoms with Crippen LogP contribution in [0.1, 0.15) is 16.1 Å². The molecule has 0 saturated carbocycles. The fraction of sp³-hybridized carbons (Fsp3) is 0.0769. The molecule has 0 bridgehead atoms. The lowest BCUT2D eigenvalue weighted by Gasteiger charge is -2.06. The predicted octanol–water partition coefficient (Wildman–Crippen LogP) is 2.68. The Bertz CT molecular complexity index is 647. The topological polar surface area (TPSA) is 85.1 Å². The third-order valence-corrected chi connectivity index (χ3v) is 3.41. The summed E-state index contributed by atoms with van der Waals surface area (Å²) in [5.74, 6) is -0.397. The molecule has 1 aromatic carbocycles. The summed E-state index contributed by atoms with van der Waals surface area (Å²) in [5.41, 5.74) is 0.785. The Morgan fingerprint density at radius 2 is 2.10 bits per heavy atom. The van der Waals surface area contributed by atoms with Crippen LogP contribution in [-0.2, 0) is 6.54 Å². The van der Waals surface area contributed by atoms with Crippen molar-refractivity contribution in [3.05, 3.63) is 68.4 Å². The second-order valence-electron chi connectivity index (χ2n) is 3.90. The van der Waals surface area contributed by atoms with Crippen molar-refractivity contribution in [2.24, 2.45) is 0 Å². The summed E-state index contributed by atoms with van der Waals surface area (Å²) < 4.78 is 0.170. The number of carbonyl (C=O) groups excluding carboxylic acids is 1. The number of aromatic nitrogens is 1. The fourth-order valence-electron chi connectivity index (χ4n) is 1.60. The lowest BCUT2D eigenvalue weighted by atomic mass is 10.2. The van der Waals surface area contributed by atoms with E-state index in [1.54, 1.807) is 18.3 Å². The van der Waals surface area contributed by atoms with E-state index in [1.807, 2.05) is 6.07 Å². The molecule has 1 aromatic heterocycles. The number of benzene rings is 1. The molecule has 7 heteroatoms. The molecule has 0 aliphatic heterocycles. The van der Waals surface area contributed by atoms with E-state index in [0.717, 1.165) is 0 Å². The van der Waals surface area contributed by atoms with Crippen LogP contribution in [0.2, 0.25) is 0 Å². The molecule has 0 aliphatic carbocycles. The standard InChI is InChI=1S/C13H10BrN3O3/c14-12-10(5-3-6-11(12)17(19)20)13(18)16-8-9-4-1-2-7-15-9/h1-7H,8H2,(H,16,18). The molecule has 6 nitrogen and oxygen atoms in total. The molecule has 1 amide bonds. The number of halogens is 1. The van der Waals surface area contributed by atoms with Crippen LogP contribution >= 0.6 is 15.9 Å². The van der Waals surface area contributed by atoms with Gasteiger partial charge in [0, 0.05) is 12.3 Å². The minimum atomic E-state index is -0.542. The normalized spacial score (nSPS) is 10.1. The van der Waals surface area contributed by atoms with Crippen LogP contribution in [0, 0.1) is 10.1 Å². The molecule has 0 radical (unpaired) electrons. The van der Waals surface area contributed by atoms with Gasteiger partial charge in [-0.25, -0.2) is 0 Å². The number of carbonyl (C=O) groups is 1. The third-order valence-electron chi connectivity index (χ3n) is 2.58. The van der Waals surface area contributed by atoms with Crippen molar-refractivity contribution >= 4 is 27.5 Å². The molecular weight excluding hydrogens is 326 g/mol. The summed E-state index contributed by atoms with van der Waals surface area (Å²) in [6.07, 6.45) is 1.63. The van der Waals surface area contributed by atoms with Crippen molar-refractivity contribution in [3.8, 4) is 0 Å². The highest BCUT2D eigenvalue weighted by Gasteiger charge is 2.19. The lowest BCUT2D eigenvalue weighted by Crippen LogP contribution is -2.23. The summed E-state index contributed by atoms with van der Waals surface area (Å²) in [6.45, 7) is 0.259. The monoisotopic (exact) mass is 335 g/mol. The Balaban J connectivity index is 2.14. The molecular formula is C13H10BrN3O3. The van der Waals surface area contributed by atoms with Gasteiger partial charge >= 0.3 is 0 Å². The molecule has 20 heavy (non-hydrogen) atoms. The summed E-state index contributed by atoms with van der Waals surface area (Å²) in [5, 5.41) is 13.5. The smallest absolute Gasteiger partial charge is 0.284 e. The maximum absolute atomic E-state index is 12.0. The molecule has 102 valence electrons. The average Bonchev–Trinajstić information content (AvgIpc) is 2.46. The van der Waals surface area contributed by atoms with Crippen molar-refractivity contribution in [1.82, 2.24) is 10.3 Å². The van der Waals surface area contributed by atoms with Crippen molar-refractivity contribution in [2.75, 3.05) is 0 Å². The summed E-state index contributed by atoms with van der Waals surface area (Å²) in [6, 6.07) is 9.70. The number of nitrogens with one attached hydrogen (secondary N) is 1. The molecule has 0 aliphatic rings. The second-order valence-corrected chi connectivity index (χ2v) is 4.69. The number of nitro benzene ring substituents is 1. The number of pyridine rings is 1. The number of hydrogen-bond acceptors (Lipinski definition) is 4. The van der Waals surface area contributed by atoms with Gasteiger partial charge in [0.25, 0.3) is 11.6 Å². The number of amides is 1. The summed E-state index contributed by atoms with van der Waals surface area (Å²) in [7, 11) is 0. The molecule has 0 spiro atoms. The van der Waals surface area contributed by atoms with Gasteiger partial charge in [-0.3, -0.25) is 19.9 Å². The second kappa shape index (κ2) is 6.25. The molecule has 1 N–H and O–H groups in total. The molecule has 2 rings (SSSR count). The molecule has 0 saturated heterocycles. The van der Waals surface area contributed by atoms with Gasteiger partial charge < -0.3 is 5.32 Å². The zero-order valence-electron chi connectivity index (χ0n) is 10.2. The van der Waals surface area contributed by atoms with Crippen molar-refractivity contribution in [3.63, 3.8) is 0 Å². The quantitative estimate of drug-likeness (QED) is 0.687. The van der Waals surface area contributed by atoms with Crippen molar-refractivity contribution < 1.29 is 9.72 Å². The first-order valence-corrected chi connectivity index (χ1v) is 6.50. The van der Waals surface area contributed by atoms with Crippen LogP contribution < -0.4 is 5.32 Å². The summed E-state index contributed by atoms with van der Waals surface area (Å²) in [4.78, 5) is 26.4. The van der Waals surface area contributed by atoms with E-state index in [-0.39, 0.29) is 22.3 Å². The van der Waals surface area contributed by atoms with Gasteiger partial charge in [-0.15, -0.1) is 0 Å². The van der Waals surface area contributed by atoms with Gasteiger partial charge in [0.15, 0.2) is 0 Å². The summed E-state index contributed by atoms with van der Waals surface area (Å²) >= 11 is 3.09. The highest BCUT2D eigenvalue weighted by atomic mass is 79.9. The van der Waals surface area contributed by atoms with E-state index < -0.39 is 10.8 Å². The highest BCUT2D eigenvalue weighted by Crippen LogP contribution is 2.28. The van der Waals surface area contributed by atoms with Crippen LogP contribution in [-0.4, -0.2) is 15.8 Å². The molecule has 0 fully saturated rings. The number of nitrogens with zero attached hydrogens (tertiary/aromatic N) is 2. The average molecular weight is 336 g/mol. The first kappa shape index (κ1) is 14.1. The first-order chi connectivity index (χ1) is 9.59. The number of nitro groups is 1. The van der Waals surface area contributed by atoms with Crippen LogP contribution in [0.15, 0.2) is 47.1 Å².